The molecule has 2 fully saturated rings. The number of aliphatic hydroxyl groups excluding tert-OH is 6. The maximum absolute atomic E-state index is 12.8. The summed E-state index contributed by atoms with van der Waals surface area (Å²) < 4.78 is 33.3. The van der Waals surface area contributed by atoms with Crippen molar-refractivity contribution < 1.29 is 63.2 Å². The highest BCUT2D eigenvalue weighted by Gasteiger charge is 2.46. The predicted molar refractivity (Wildman–Crippen MR) is 217 cm³/mol. The van der Waals surface area contributed by atoms with Crippen LogP contribution in [0.15, 0.2) is 94.4 Å². The minimum atomic E-state index is -1.67. The van der Waals surface area contributed by atoms with Gasteiger partial charge in [-0.15, -0.1) is 22.7 Å². The highest BCUT2D eigenvalue weighted by Crippen LogP contribution is 2.38. The van der Waals surface area contributed by atoms with Crippen LogP contribution in [0.25, 0.3) is 21.3 Å². The topological polar surface area (TPSA) is 227 Å². The average Bonchev–Trinajstić information content (AvgIpc) is 4.09. The van der Waals surface area contributed by atoms with Crippen molar-refractivity contribution in [1.82, 2.24) is 9.97 Å². The van der Waals surface area contributed by atoms with Crippen molar-refractivity contribution in [3.05, 3.63) is 128 Å². The van der Waals surface area contributed by atoms with Crippen LogP contribution in [-0.2, 0) is 31.8 Å². The van der Waals surface area contributed by atoms with E-state index in [4.69, 9.17) is 51.0 Å². The molecule has 10 atom stereocenters. The molecule has 0 aliphatic carbocycles. The van der Waals surface area contributed by atoms with E-state index >= 15 is 0 Å². The lowest BCUT2D eigenvalue weighted by Crippen LogP contribution is -2.56. The first-order chi connectivity index (χ1) is 28.9. The third-order valence-electron chi connectivity index (χ3n) is 10.3. The van der Waals surface area contributed by atoms with E-state index in [1.807, 2.05) is 12.1 Å². The van der Waals surface area contributed by atoms with Gasteiger partial charge in [0.15, 0.2) is 0 Å². The zero-order chi connectivity index (χ0) is 42.1. The number of aromatic nitrogens is 2. The number of benzene rings is 2. The molecule has 6 aromatic rings. The van der Waals surface area contributed by atoms with Gasteiger partial charge in [0.2, 0.25) is 0 Å². The molecule has 2 saturated heterocycles. The van der Waals surface area contributed by atoms with Crippen molar-refractivity contribution in [2.24, 2.45) is 0 Å². The molecule has 0 unspecified atom stereocenters. The fraction of sp³-hybridized carbons (Fsp3) is 0.341. The summed E-state index contributed by atoms with van der Waals surface area (Å²) in [5.74, 6) is 1.37. The number of nitrogens with zero attached hydrogens (tertiary/aromatic N) is 2. The number of ether oxygens (including phenoxy) is 4. The number of hydrogen-bond donors (Lipinski definition) is 6. The standard InChI is InChI=1S/C41H38Cl2N2O13S2/c42-23-7-5-19(11-21(23)13-31-44-15-29(59-31)25-3-1-9-53-25)39-37(50)35(48)33(46)27(57-39)17-55-41(52)56-18-28-34(47)36(49)38(51)40(58-28)20-6-8-24(43)22(12-20)14-32-45-16-30(60-32)26-4-2-10-54-26/h1-12,15-16,27-28,33-40,46-51H,13-14,17-18H2/t27-,28-,33-,34-,35+,36+,37-,38-,39+,40+/m1/s1. The Morgan fingerprint density at radius 1 is 0.617 bits per heavy atom. The van der Waals surface area contributed by atoms with Gasteiger partial charge in [-0.2, -0.15) is 0 Å². The molecule has 4 aromatic heterocycles. The third kappa shape index (κ3) is 9.18. The minimum Gasteiger partial charge on any atom is -0.463 e. The Hall–Kier alpha value is -4.21. The van der Waals surface area contributed by atoms with E-state index in [0.717, 1.165) is 19.8 Å². The number of carbonyl (C=O) groups excluding carboxylic acids is 1. The lowest BCUT2D eigenvalue weighted by atomic mass is 9.90. The van der Waals surface area contributed by atoms with E-state index in [0.29, 0.717) is 56.7 Å². The molecule has 0 saturated carbocycles. The van der Waals surface area contributed by atoms with E-state index in [-0.39, 0.29) is 0 Å². The van der Waals surface area contributed by atoms with Crippen LogP contribution in [0.2, 0.25) is 10.0 Å². The first-order valence-corrected chi connectivity index (χ1v) is 21.0. The lowest BCUT2D eigenvalue weighted by molar-refractivity contribution is -0.237. The summed E-state index contributed by atoms with van der Waals surface area (Å²) in [6, 6.07) is 17.1. The van der Waals surface area contributed by atoms with Crippen LogP contribution >= 0.6 is 45.9 Å². The lowest BCUT2D eigenvalue weighted by Gasteiger charge is -2.41. The van der Waals surface area contributed by atoms with Crippen LogP contribution in [0.1, 0.15) is 44.5 Å². The smallest absolute Gasteiger partial charge is 0.463 e. The number of halogens is 2. The summed E-state index contributed by atoms with van der Waals surface area (Å²) in [7, 11) is 0. The number of carbonyl (C=O) groups is 1. The molecule has 0 bridgehead atoms. The van der Waals surface area contributed by atoms with Crippen molar-refractivity contribution in [2.75, 3.05) is 13.2 Å². The number of hydrogen-bond acceptors (Lipinski definition) is 17. The van der Waals surface area contributed by atoms with Crippen LogP contribution in [0.3, 0.4) is 0 Å². The molecule has 2 aromatic carbocycles. The molecule has 19 heteroatoms. The Kier molecular flexibility index (Phi) is 13.0. The molecule has 6 heterocycles. The summed E-state index contributed by atoms with van der Waals surface area (Å²) >= 11 is 15.9. The second-order valence-electron chi connectivity index (χ2n) is 14.3. The third-order valence-corrected chi connectivity index (χ3v) is 13.0. The monoisotopic (exact) mass is 900 g/mol. The van der Waals surface area contributed by atoms with Crippen LogP contribution < -0.4 is 0 Å². The Bertz CT molecular complexity index is 2210. The van der Waals surface area contributed by atoms with Gasteiger partial charge >= 0.3 is 6.16 Å². The number of rotatable bonds is 12. The molecule has 0 radical (unpaired) electrons. The van der Waals surface area contributed by atoms with E-state index < -0.39 is 80.4 Å². The molecule has 2 aliphatic rings. The molecular formula is C41H38Cl2N2O13S2. The second-order valence-corrected chi connectivity index (χ2v) is 17.3. The minimum absolute atomic E-state index is 0.350. The van der Waals surface area contributed by atoms with E-state index in [9.17, 15) is 35.4 Å². The summed E-state index contributed by atoms with van der Waals surface area (Å²) in [4.78, 5) is 23.4. The summed E-state index contributed by atoms with van der Waals surface area (Å²) in [5.41, 5.74) is 2.22. The van der Waals surface area contributed by atoms with Gasteiger partial charge in [0.05, 0.1) is 32.3 Å². The van der Waals surface area contributed by atoms with Crippen molar-refractivity contribution in [3.8, 4) is 21.3 Å². The normalized spacial score (nSPS) is 26.9. The molecule has 0 amide bonds. The zero-order valence-electron chi connectivity index (χ0n) is 31.2. The highest BCUT2D eigenvalue weighted by atomic mass is 35.5. The second kappa shape index (κ2) is 18.4. The summed E-state index contributed by atoms with van der Waals surface area (Å²) in [5, 5.41) is 67.3. The quantitative estimate of drug-likeness (QED) is 0.0833. The van der Waals surface area contributed by atoms with Crippen LogP contribution in [0.4, 0.5) is 4.79 Å². The first-order valence-electron chi connectivity index (χ1n) is 18.7. The zero-order valence-corrected chi connectivity index (χ0v) is 34.3. The van der Waals surface area contributed by atoms with Gasteiger partial charge in [0.1, 0.15) is 85.8 Å². The molecule has 8 rings (SSSR count). The number of furan rings is 2. The van der Waals surface area contributed by atoms with Crippen LogP contribution in [0, 0.1) is 0 Å². The average molecular weight is 902 g/mol. The van der Waals surface area contributed by atoms with Gasteiger partial charge in [0, 0.05) is 35.3 Å². The van der Waals surface area contributed by atoms with Gasteiger partial charge in [-0.05, 0) is 58.7 Å². The highest BCUT2D eigenvalue weighted by molar-refractivity contribution is 7.15. The Labute approximate surface area is 359 Å². The predicted octanol–water partition coefficient (Wildman–Crippen LogP) is 5.51. The first kappa shape index (κ1) is 42.5. The van der Waals surface area contributed by atoms with E-state index in [1.54, 1.807) is 73.5 Å². The Morgan fingerprint density at radius 2 is 1.05 bits per heavy atom. The van der Waals surface area contributed by atoms with Crippen LogP contribution in [0.5, 0.6) is 0 Å². The Morgan fingerprint density at radius 3 is 1.45 bits per heavy atom. The molecule has 2 aliphatic heterocycles. The van der Waals surface area contributed by atoms with E-state index in [2.05, 4.69) is 9.97 Å². The maximum Gasteiger partial charge on any atom is 0.508 e. The van der Waals surface area contributed by atoms with Crippen molar-refractivity contribution >= 4 is 52.0 Å². The van der Waals surface area contributed by atoms with Crippen molar-refractivity contribution in [3.63, 3.8) is 0 Å². The largest absolute Gasteiger partial charge is 0.508 e. The van der Waals surface area contributed by atoms with Gasteiger partial charge < -0.3 is 58.4 Å². The Balaban J connectivity index is 0.879. The number of aliphatic hydroxyl groups is 6. The fourth-order valence-electron chi connectivity index (χ4n) is 7.06. The van der Waals surface area contributed by atoms with Crippen molar-refractivity contribution in [2.45, 2.75) is 73.9 Å². The molecule has 316 valence electrons. The summed E-state index contributed by atoms with van der Waals surface area (Å²) in [6.45, 7) is -1.19. The van der Waals surface area contributed by atoms with Crippen LogP contribution in [-0.4, -0.2) is 109 Å². The van der Waals surface area contributed by atoms with Gasteiger partial charge in [0.25, 0.3) is 0 Å². The molecular weight excluding hydrogens is 863 g/mol. The molecule has 15 nitrogen and oxygen atoms in total. The number of thiazole rings is 2. The molecule has 6 N–H and O–H groups in total. The SMILES string of the molecule is O=C(OC[C@H]1O[C@@H](c2ccc(Cl)c(Cc3ncc(-c4ccco4)s3)c2)[C@H](O)[C@@H](O)[C@@H]1O)OC[C@H]1O[C@@H](c2ccc(Cl)c(Cc3ncc(-c4ccco4)s3)c2)[C@H](O)[C@@H](O)[C@@H]1O. The van der Waals surface area contributed by atoms with E-state index in [1.165, 1.54) is 22.7 Å². The maximum atomic E-state index is 12.8. The van der Waals surface area contributed by atoms with Gasteiger partial charge in [-0.3, -0.25) is 0 Å². The molecule has 0 spiro atoms. The van der Waals surface area contributed by atoms with Crippen molar-refractivity contribution in [1.29, 1.82) is 0 Å². The summed E-state index contributed by atoms with van der Waals surface area (Å²) in [6.07, 6.45) is -8.62. The van der Waals surface area contributed by atoms with Gasteiger partial charge in [-0.25, -0.2) is 14.8 Å². The molecule has 60 heavy (non-hydrogen) atoms. The fourth-order valence-corrected chi connectivity index (χ4v) is 9.25. The van der Waals surface area contributed by atoms with Gasteiger partial charge in [-0.1, -0.05) is 47.5 Å².